The molecule has 0 spiro atoms. The lowest BCUT2D eigenvalue weighted by molar-refractivity contribution is 0.122. The van der Waals surface area contributed by atoms with Crippen LogP contribution in [0, 0.1) is 13.8 Å². The topological polar surface area (TPSA) is 45.9 Å². The maximum Gasteiger partial charge on any atom is 0.336 e. The van der Waals surface area contributed by atoms with Gasteiger partial charge in [-0.1, -0.05) is 24.3 Å². The van der Waals surface area contributed by atoms with Crippen LogP contribution in [-0.2, 0) is 13.1 Å². The van der Waals surface area contributed by atoms with Crippen LogP contribution in [0.15, 0.2) is 51.7 Å². The molecule has 0 aliphatic carbocycles. The van der Waals surface area contributed by atoms with E-state index in [4.69, 9.17) is 9.15 Å². The molecule has 0 unspecified atom stereocenters. The van der Waals surface area contributed by atoms with E-state index < -0.39 is 0 Å². The Morgan fingerprint density at radius 2 is 1.59 bits per heavy atom. The number of methoxy groups -OCH3 is 1. The quantitative estimate of drug-likeness (QED) is 0.619. The Kier molecular flexibility index (Phi) is 5.69. The highest BCUT2D eigenvalue weighted by molar-refractivity contribution is 5.83. The molecule has 0 amide bonds. The highest BCUT2D eigenvalue weighted by Crippen LogP contribution is 2.24. The Balaban J connectivity index is 1.42. The fourth-order valence-corrected chi connectivity index (χ4v) is 3.99. The summed E-state index contributed by atoms with van der Waals surface area (Å²) in [7, 11) is 1.69. The Bertz CT molecular complexity index is 1050. The summed E-state index contributed by atoms with van der Waals surface area (Å²) in [5.74, 6) is 0.892. The first kappa shape index (κ1) is 19.7. The monoisotopic (exact) mass is 392 g/mol. The molecule has 5 nitrogen and oxygen atoms in total. The van der Waals surface area contributed by atoms with Gasteiger partial charge in [0, 0.05) is 50.7 Å². The van der Waals surface area contributed by atoms with Gasteiger partial charge in [-0.2, -0.15) is 0 Å². The van der Waals surface area contributed by atoms with Crippen LogP contribution in [0.1, 0.15) is 22.3 Å². The number of aryl methyl sites for hydroxylation is 2. The van der Waals surface area contributed by atoms with E-state index in [2.05, 4.69) is 34.1 Å². The minimum Gasteiger partial charge on any atom is -0.497 e. The predicted molar refractivity (Wildman–Crippen MR) is 116 cm³/mol. The van der Waals surface area contributed by atoms with Crippen LogP contribution >= 0.6 is 0 Å². The highest BCUT2D eigenvalue weighted by atomic mass is 16.5. The fourth-order valence-electron chi connectivity index (χ4n) is 3.99. The van der Waals surface area contributed by atoms with Crippen molar-refractivity contribution >= 4 is 11.0 Å². The van der Waals surface area contributed by atoms with Gasteiger partial charge in [-0.05, 0) is 48.2 Å². The maximum absolute atomic E-state index is 12.1. The zero-order chi connectivity index (χ0) is 20.4. The van der Waals surface area contributed by atoms with Crippen LogP contribution in [0.25, 0.3) is 11.0 Å². The van der Waals surface area contributed by atoms with Gasteiger partial charge in [0.1, 0.15) is 11.3 Å². The normalized spacial score (nSPS) is 15.7. The third kappa shape index (κ3) is 4.36. The number of nitrogens with zero attached hydrogens (tertiary/aromatic N) is 2. The van der Waals surface area contributed by atoms with Gasteiger partial charge in [-0.15, -0.1) is 0 Å². The Labute approximate surface area is 171 Å². The molecule has 1 aliphatic heterocycles. The predicted octanol–water partition coefficient (Wildman–Crippen LogP) is 3.74. The lowest BCUT2D eigenvalue weighted by Crippen LogP contribution is -2.45. The van der Waals surface area contributed by atoms with Crippen LogP contribution in [-0.4, -0.2) is 43.1 Å². The van der Waals surface area contributed by atoms with Crippen LogP contribution < -0.4 is 10.4 Å². The minimum absolute atomic E-state index is 0.264. The van der Waals surface area contributed by atoms with Gasteiger partial charge in [0.05, 0.1) is 7.11 Å². The molecule has 1 aliphatic rings. The molecular weight excluding hydrogens is 364 g/mol. The largest absolute Gasteiger partial charge is 0.497 e. The minimum atomic E-state index is -0.264. The van der Waals surface area contributed by atoms with E-state index in [9.17, 15) is 4.79 Å². The van der Waals surface area contributed by atoms with Crippen molar-refractivity contribution in [2.24, 2.45) is 0 Å². The van der Waals surface area contributed by atoms with E-state index in [0.29, 0.717) is 0 Å². The first-order chi connectivity index (χ1) is 14.0. The van der Waals surface area contributed by atoms with Crippen LogP contribution in [0.4, 0.5) is 0 Å². The molecule has 2 heterocycles. The van der Waals surface area contributed by atoms with Crippen molar-refractivity contribution in [3.05, 3.63) is 75.1 Å². The summed E-state index contributed by atoms with van der Waals surface area (Å²) in [5, 5.41) is 1.05. The Hall–Kier alpha value is -2.63. The lowest BCUT2D eigenvalue weighted by Gasteiger charge is -2.34. The van der Waals surface area contributed by atoms with Gasteiger partial charge < -0.3 is 9.15 Å². The summed E-state index contributed by atoms with van der Waals surface area (Å²) >= 11 is 0. The standard InChI is InChI=1S/C24H28N2O3/c1-17-4-9-22-20(14-23(27)29-24(22)18(17)2)16-26-12-10-25(11-13-26)15-19-5-7-21(28-3)8-6-19/h4-9,14H,10-13,15-16H2,1-3H3. The second kappa shape index (κ2) is 8.39. The molecule has 1 aromatic heterocycles. The van der Waals surface area contributed by atoms with Gasteiger partial charge in [-0.3, -0.25) is 9.80 Å². The average molecular weight is 392 g/mol. The van der Waals surface area contributed by atoms with E-state index in [0.717, 1.165) is 72.7 Å². The molecule has 0 N–H and O–H groups in total. The summed E-state index contributed by atoms with van der Waals surface area (Å²) in [4.78, 5) is 17.0. The third-order valence-corrected chi connectivity index (χ3v) is 5.94. The molecular formula is C24H28N2O3. The second-order valence-electron chi connectivity index (χ2n) is 7.88. The number of hydrogen-bond acceptors (Lipinski definition) is 5. The maximum atomic E-state index is 12.1. The molecule has 1 saturated heterocycles. The summed E-state index contributed by atoms with van der Waals surface area (Å²) < 4.78 is 10.7. The smallest absolute Gasteiger partial charge is 0.336 e. The van der Waals surface area contributed by atoms with Crippen molar-refractivity contribution < 1.29 is 9.15 Å². The van der Waals surface area contributed by atoms with Crippen LogP contribution in [0.3, 0.4) is 0 Å². The molecule has 0 radical (unpaired) electrons. The molecule has 4 rings (SSSR count). The molecule has 1 fully saturated rings. The fraction of sp³-hybridized carbons (Fsp3) is 0.375. The molecule has 3 aromatic rings. The van der Waals surface area contributed by atoms with Gasteiger partial charge >= 0.3 is 5.63 Å². The Morgan fingerprint density at radius 3 is 2.24 bits per heavy atom. The van der Waals surface area contributed by atoms with E-state index in [1.165, 1.54) is 5.56 Å². The molecule has 0 bridgehead atoms. The van der Waals surface area contributed by atoms with E-state index >= 15 is 0 Å². The zero-order valence-electron chi connectivity index (χ0n) is 17.4. The van der Waals surface area contributed by atoms with Gasteiger partial charge in [0.25, 0.3) is 0 Å². The van der Waals surface area contributed by atoms with Crippen molar-refractivity contribution in [2.75, 3.05) is 33.3 Å². The van der Waals surface area contributed by atoms with Gasteiger partial charge in [0.15, 0.2) is 0 Å². The number of benzene rings is 2. The molecule has 5 heteroatoms. The van der Waals surface area contributed by atoms with Gasteiger partial charge in [-0.25, -0.2) is 4.79 Å². The summed E-state index contributed by atoms with van der Waals surface area (Å²) in [6, 6.07) is 14.1. The SMILES string of the molecule is COc1ccc(CN2CCN(Cc3cc(=O)oc4c(C)c(C)ccc34)CC2)cc1. The van der Waals surface area contributed by atoms with Gasteiger partial charge in [0.2, 0.25) is 0 Å². The molecule has 0 saturated carbocycles. The highest BCUT2D eigenvalue weighted by Gasteiger charge is 2.19. The first-order valence-electron chi connectivity index (χ1n) is 10.1. The van der Waals surface area contributed by atoms with E-state index in [1.807, 2.05) is 26.0 Å². The molecule has 29 heavy (non-hydrogen) atoms. The van der Waals surface area contributed by atoms with Crippen LogP contribution in [0.2, 0.25) is 0 Å². The Morgan fingerprint density at radius 1 is 0.931 bits per heavy atom. The summed E-state index contributed by atoms with van der Waals surface area (Å²) in [6.45, 7) is 9.81. The number of hydrogen-bond donors (Lipinski definition) is 0. The molecule has 2 aromatic carbocycles. The van der Waals surface area contributed by atoms with E-state index in [1.54, 1.807) is 13.2 Å². The lowest BCUT2D eigenvalue weighted by atomic mass is 10.0. The van der Waals surface area contributed by atoms with Crippen molar-refractivity contribution in [3.63, 3.8) is 0 Å². The molecule has 152 valence electrons. The van der Waals surface area contributed by atoms with Crippen LogP contribution in [0.5, 0.6) is 5.75 Å². The first-order valence-corrected chi connectivity index (χ1v) is 10.1. The average Bonchev–Trinajstić information content (AvgIpc) is 2.73. The third-order valence-electron chi connectivity index (χ3n) is 5.94. The second-order valence-corrected chi connectivity index (χ2v) is 7.88. The summed E-state index contributed by atoms with van der Waals surface area (Å²) in [5.41, 5.74) is 5.01. The number of ether oxygens (including phenoxy) is 1. The summed E-state index contributed by atoms with van der Waals surface area (Å²) in [6.07, 6.45) is 0. The van der Waals surface area contributed by atoms with E-state index in [-0.39, 0.29) is 5.63 Å². The van der Waals surface area contributed by atoms with Crippen molar-refractivity contribution in [1.29, 1.82) is 0 Å². The number of rotatable bonds is 5. The van der Waals surface area contributed by atoms with Crippen molar-refractivity contribution in [3.8, 4) is 5.75 Å². The van der Waals surface area contributed by atoms with Crippen molar-refractivity contribution in [2.45, 2.75) is 26.9 Å². The zero-order valence-corrected chi connectivity index (χ0v) is 17.4. The molecule has 0 atom stereocenters. The number of fused-ring (bicyclic) bond motifs is 1. The van der Waals surface area contributed by atoms with Crippen molar-refractivity contribution in [1.82, 2.24) is 9.80 Å². The number of piperazine rings is 1.